The molecule has 0 bridgehead atoms. The fourth-order valence-corrected chi connectivity index (χ4v) is 2.97. The first-order valence-electron chi connectivity index (χ1n) is 8.48. The van der Waals surface area contributed by atoms with Crippen LogP contribution >= 0.6 is 0 Å². The smallest absolute Gasteiger partial charge is 0.303 e. The van der Waals surface area contributed by atoms with E-state index in [2.05, 4.69) is 67.6 Å². The van der Waals surface area contributed by atoms with E-state index in [1.54, 1.807) is 0 Å². The van der Waals surface area contributed by atoms with E-state index in [0.29, 0.717) is 0 Å². The van der Waals surface area contributed by atoms with Crippen LogP contribution in [0.4, 0.5) is 0 Å². The Balaban J connectivity index is 1.95. The lowest BCUT2D eigenvalue weighted by Gasteiger charge is -2.14. The molecular formula is C23H22O2. The minimum atomic E-state index is -0.263. The number of benzene rings is 3. The zero-order valence-corrected chi connectivity index (χ0v) is 14.8. The van der Waals surface area contributed by atoms with Crippen LogP contribution in [0.1, 0.15) is 31.1 Å². The normalized spacial score (nSPS) is 11.8. The molecular weight excluding hydrogens is 308 g/mol. The van der Waals surface area contributed by atoms with Crippen LogP contribution in [0, 0.1) is 6.92 Å². The molecule has 126 valence electrons. The molecule has 0 spiro atoms. The second-order valence-electron chi connectivity index (χ2n) is 6.29. The lowest BCUT2D eigenvalue weighted by Crippen LogP contribution is -2.04. The average molecular weight is 330 g/mol. The molecule has 0 radical (unpaired) electrons. The van der Waals surface area contributed by atoms with Crippen molar-refractivity contribution in [3.63, 3.8) is 0 Å². The Bertz CT molecular complexity index is 861. The molecule has 0 fully saturated rings. The molecule has 0 saturated carbocycles. The van der Waals surface area contributed by atoms with Gasteiger partial charge in [0.2, 0.25) is 0 Å². The van der Waals surface area contributed by atoms with Crippen LogP contribution in [0.3, 0.4) is 0 Å². The maximum atomic E-state index is 11.1. The summed E-state index contributed by atoms with van der Waals surface area (Å²) in [6.45, 7) is 5.41. The molecule has 0 amide bonds. The van der Waals surface area contributed by atoms with Crippen molar-refractivity contribution in [2.75, 3.05) is 0 Å². The standard InChI is InChI=1S/C23H22O2/c1-16-8-10-20(11-9-16)22-6-4-5-7-23(22)21-14-12-19(13-15-21)17(2)25-18(3)24/h4-15,17H,1-3H3. The molecule has 0 heterocycles. The maximum Gasteiger partial charge on any atom is 0.303 e. The van der Waals surface area contributed by atoms with Crippen molar-refractivity contribution in [2.24, 2.45) is 0 Å². The first-order valence-corrected chi connectivity index (χ1v) is 8.48. The molecule has 25 heavy (non-hydrogen) atoms. The number of rotatable bonds is 4. The highest BCUT2D eigenvalue weighted by molar-refractivity contribution is 5.83. The van der Waals surface area contributed by atoms with Gasteiger partial charge in [-0.3, -0.25) is 4.79 Å². The van der Waals surface area contributed by atoms with Crippen molar-refractivity contribution in [1.82, 2.24) is 0 Å². The zero-order valence-electron chi connectivity index (χ0n) is 14.8. The van der Waals surface area contributed by atoms with Gasteiger partial charge < -0.3 is 4.74 Å². The van der Waals surface area contributed by atoms with Crippen LogP contribution in [-0.2, 0) is 9.53 Å². The van der Waals surface area contributed by atoms with E-state index >= 15 is 0 Å². The summed E-state index contributed by atoms with van der Waals surface area (Å²) >= 11 is 0. The van der Waals surface area contributed by atoms with Gasteiger partial charge in [-0.05, 0) is 41.7 Å². The van der Waals surface area contributed by atoms with Crippen LogP contribution in [0.15, 0.2) is 72.8 Å². The van der Waals surface area contributed by atoms with Crippen LogP contribution in [0.2, 0.25) is 0 Å². The molecule has 0 aliphatic rings. The Morgan fingerprint density at radius 1 is 0.800 bits per heavy atom. The first-order chi connectivity index (χ1) is 12.0. The minimum absolute atomic E-state index is 0.237. The predicted octanol–water partition coefficient (Wildman–Crippen LogP) is 5.95. The Kier molecular flexibility index (Phi) is 4.99. The zero-order chi connectivity index (χ0) is 17.8. The Hall–Kier alpha value is -2.87. The summed E-state index contributed by atoms with van der Waals surface area (Å²) in [4.78, 5) is 11.1. The van der Waals surface area contributed by atoms with Gasteiger partial charge in [0, 0.05) is 6.92 Å². The number of carbonyl (C=O) groups excluding carboxylic acids is 1. The third-order valence-corrected chi connectivity index (χ3v) is 4.32. The van der Waals surface area contributed by atoms with Crippen LogP contribution in [-0.4, -0.2) is 5.97 Å². The molecule has 0 aliphatic heterocycles. The number of carbonyl (C=O) groups is 1. The van der Waals surface area contributed by atoms with Gasteiger partial charge >= 0.3 is 5.97 Å². The monoisotopic (exact) mass is 330 g/mol. The van der Waals surface area contributed by atoms with Crippen molar-refractivity contribution in [3.05, 3.63) is 83.9 Å². The third-order valence-electron chi connectivity index (χ3n) is 4.32. The Morgan fingerprint density at radius 3 is 1.76 bits per heavy atom. The number of hydrogen-bond acceptors (Lipinski definition) is 2. The van der Waals surface area contributed by atoms with E-state index < -0.39 is 0 Å². The highest BCUT2D eigenvalue weighted by Gasteiger charge is 2.10. The average Bonchev–Trinajstić information content (AvgIpc) is 2.62. The molecule has 3 rings (SSSR count). The first kappa shape index (κ1) is 17.0. The van der Waals surface area contributed by atoms with Gasteiger partial charge in [0.25, 0.3) is 0 Å². The number of esters is 1. The molecule has 2 heteroatoms. The van der Waals surface area contributed by atoms with Crippen molar-refractivity contribution in [2.45, 2.75) is 26.9 Å². The summed E-state index contributed by atoms with van der Waals surface area (Å²) in [6.07, 6.45) is -0.237. The van der Waals surface area contributed by atoms with Crippen LogP contribution < -0.4 is 0 Å². The summed E-state index contributed by atoms with van der Waals surface area (Å²) in [6, 6.07) is 25.2. The van der Waals surface area contributed by atoms with Crippen molar-refractivity contribution in [1.29, 1.82) is 0 Å². The maximum absolute atomic E-state index is 11.1. The minimum Gasteiger partial charge on any atom is -0.458 e. The SMILES string of the molecule is CC(=O)OC(C)c1ccc(-c2ccccc2-c2ccc(C)cc2)cc1. The molecule has 2 nitrogen and oxygen atoms in total. The largest absolute Gasteiger partial charge is 0.458 e. The van der Waals surface area contributed by atoms with Gasteiger partial charge in [-0.1, -0.05) is 78.4 Å². The van der Waals surface area contributed by atoms with Gasteiger partial charge in [-0.2, -0.15) is 0 Å². The van der Waals surface area contributed by atoms with E-state index in [9.17, 15) is 4.79 Å². The molecule has 1 atom stereocenters. The van der Waals surface area contributed by atoms with Crippen LogP contribution in [0.5, 0.6) is 0 Å². The van der Waals surface area contributed by atoms with Crippen molar-refractivity contribution < 1.29 is 9.53 Å². The summed E-state index contributed by atoms with van der Waals surface area (Å²) < 4.78 is 5.25. The topological polar surface area (TPSA) is 26.3 Å². The second-order valence-corrected chi connectivity index (χ2v) is 6.29. The summed E-state index contributed by atoms with van der Waals surface area (Å²) in [7, 11) is 0. The van der Waals surface area contributed by atoms with Gasteiger partial charge in [0.05, 0.1) is 0 Å². The van der Waals surface area contributed by atoms with E-state index in [1.807, 2.05) is 19.1 Å². The van der Waals surface area contributed by atoms with Gasteiger partial charge in [-0.15, -0.1) is 0 Å². The lowest BCUT2D eigenvalue weighted by atomic mass is 9.93. The van der Waals surface area contributed by atoms with Gasteiger partial charge in [-0.25, -0.2) is 0 Å². The summed E-state index contributed by atoms with van der Waals surface area (Å²) in [5.74, 6) is -0.263. The van der Waals surface area contributed by atoms with Gasteiger partial charge in [0.1, 0.15) is 6.10 Å². The third kappa shape index (κ3) is 3.97. The predicted molar refractivity (Wildman–Crippen MR) is 102 cm³/mol. The van der Waals surface area contributed by atoms with E-state index in [4.69, 9.17) is 4.74 Å². The molecule has 0 N–H and O–H groups in total. The fourth-order valence-electron chi connectivity index (χ4n) is 2.97. The molecule has 1 unspecified atom stereocenters. The van der Waals surface area contributed by atoms with Crippen molar-refractivity contribution in [3.8, 4) is 22.3 Å². The second kappa shape index (κ2) is 7.35. The summed E-state index contributed by atoms with van der Waals surface area (Å²) in [5.41, 5.74) is 7.01. The Labute approximate surface area is 149 Å². The van der Waals surface area contributed by atoms with E-state index in [0.717, 1.165) is 11.1 Å². The molecule has 0 aromatic heterocycles. The highest BCUT2D eigenvalue weighted by Crippen LogP contribution is 2.33. The van der Waals surface area contributed by atoms with E-state index in [1.165, 1.54) is 29.2 Å². The molecule has 3 aromatic carbocycles. The fraction of sp³-hybridized carbons (Fsp3) is 0.174. The quantitative estimate of drug-likeness (QED) is 0.552. The lowest BCUT2D eigenvalue weighted by molar-refractivity contribution is -0.145. The van der Waals surface area contributed by atoms with Crippen LogP contribution in [0.25, 0.3) is 22.3 Å². The van der Waals surface area contributed by atoms with E-state index in [-0.39, 0.29) is 12.1 Å². The highest BCUT2D eigenvalue weighted by atomic mass is 16.5. The van der Waals surface area contributed by atoms with Gasteiger partial charge in [0.15, 0.2) is 0 Å². The molecule has 3 aromatic rings. The molecule has 0 aliphatic carbocycles. The Morgan fingerprint density at radius 2 is 1.28 bits per heavy atom. The number of hydrogen-bond donors (Lipinski definition) is 0. The summed E-state index contributed by atoms with van der Waals surface area (Å²) in [5, 5.41) is 0. The van der Waals surface area contributed by atoms with Crippen molar-refractivity contribution >= 4 is 5.97 Å². The number of ether oxygens (including phenoxy) is 1. The number of aryl methyl sites for hydroxylation is 1. The molecule has 0 saturated heterocycles.